The lowest BCUT2D eigenvalue weighted by molar-refractivity contribution is -0.136. The van der Waals surface area contributed by atoms with E-state index in [0.717, 1.165) is 5.56 Å². The number of hydrogen-bond donors (Lipinski definition) is 1. The van der Waals surface area contributed by atoms with E-state index in [9.17, 15) is 9.59 Å². The number of ether oxygens (including phenoxy) is 1. The molecule has 0 atom stereocenters. The van der Waals surface area contributed by atoms with Crippen molar-refractivity contribution in [2.75, 3.05) is 6.61 Å². The molecule has 0 fully saturated rings. The van der Waals surface area contributed by atoms with Crippen LogP contribution in [0.4, 0.5) is 0 Å². The van der Waals surface area contributed by atoms with Gasteiger partial charge in [-0.1, -0.05) is 36.4 Å². The Balaban J connectivity index is 1.78. The summed E-state index contributed by atoms with van der Waals surface area (Å²) in [7, 11) is 0. The van der Waals surface area contributed by atoms with E-state index < -0.39 is 11.6 Å². The predicted molar refractivity (Wildman–Crippen MR) is 99.5 cm³/mol. The molecule has 1 heterocycles. The van der Waals surface area contributed by atoms with Gasteiger partial charge < -0.3 is 14.3 Å². The summed E-state index contributed by atoms with van der Waals surface area (Å²) >= 11 is 0. The predicted octanol–water partition coefficient (Wildman–Crippen LogP) is 3.82. The molecule has 0 radical (unpaired) electrons. The standard InChI is InChI=1S/C21H18O5/c1-14-17-10-9-16(25-11-5-8-15-6-3-2-4-7-15)12-19(17)26-21(24)18(14)13-20(22)23/h2-10,12H,11,13H2,1H3,(H,22,23)/b8-5+. The van der Waals surface area contributed by atoms with E-state index in [4.69, 9.17) is 14.3 Å². The Morgan fingerprint density at radius 3 is 2.69 bits per heavy atom. The van der Waals surface area contributed by atoms with Crippen LogP contribution in [-0.4, -0.2) is 17.7 Å². The number of carbonyl (C=O) groups is 1. The average molecular weight is 350 g/mol. The molecule has 0 unspecified atom stereocenters. The van der Waals surface area contributed by atoms with E-state index in [1.165, 1.54) is 0 Å². The SMILES string of the molecule is Cc1c(CC(=O)O)c(=O)oc2cc(OC/C=C/c3ccccc3)ccc12. The van der Waals surface area contributed by atoms with Crippen LogP contribution in [-0.2, 0) is 11.2 Å². The second kappa shape index (κ2) is 7.70. The van der Waals surface area contributed by atoms with Crippen LogP contribution in [0.3, 0.4) is 0 Å². The Kier molecular flexibility index (Phi) is 5.17. The lowest BCUT2D eigenvalue weighted by Gasteiger charge is -2.08. The molecular weight excluding hydrogens is 332 g/mol. The molecule has 0 amide bonds. The van der Waals surface area contributed by atoms with Crippen molar-refractivity contribution in [3.8, 4) is 5.75 Å². The summed E-state index contributed by atoms with van der Waals surface area (Å²) in [5.41, 5.74) is 1.63. The van der Waals surface area contributed by atoms with Gasteiger partial charge in [-0.25, -0.2) is 4.79 Å². The van der Waals surface area contributed by atoms with Crippen LogP contribution in [0.15, 0.2) is 63.8 Å². The van der Waals surface area contributed by atoms with E-state index in [0.29, 0.717) is 28.9 Å². The van der Waals surface area contributed by atoms with Gasteiger partial charge in [0.2, 0.25) is 0 Å². The normalized spacial score (nSPS) is 11.1. The van der Waals surface area contributed by atoms with Crippen molar-refractivity contribution in [3.63, 3.8) is 0 Å². The van der Waals surface area contributed by atoms with Crippen LogP contribution in [0, 0.1) is 6.92 Å². The molecule has 2 aromatic carbocycles. The van der Waals surface area contributed by atoms with Crippen LogP contribution in [0.1, 0.15) is 16.7 Å². The van der Waals surface area contributed by atoms with Crippen molar-refractivity contribution < 1.29 is 19.1 Å². The van der Waals surface area contributed by atoms with Gasteiger partial charge in [0.05, 0.1) is 12.0 Å². The number of aliphatic carboxylic acids is 1. The fourth-order valence-electron chi connectivity index (χ4n) is 2.71. The minimum atomic E-state index is -1.06. The van der Waals surface area contributed by atoms with E-state index in [2.05, 4.69) is 0 Å². The van der Waals surface area contributed by atoms with Gasteiger partial charge in [-0.05, 0) is 36.3 Å². The van der Waals surface area contributed by atoms with E-state index in [1.54, 1.807) is 25.1 Å². The monoisotopic (exact) mass is 350 g/mol. The summed E-state index contributed by atoms with van der Waals surface area (Å²) in [5, 5.41) is 9.63. The molecule has 0 aliphatic heterocycles. The third-order valence-electron chi connectivity index (χ3n) is 4.04. The first kappa shape index (κ1) is 17.5. The Labute approximate surface area is 150 Å². The number of carboxylic acids is 1. The number of benzene rings is 2. The molecular formula is C21H18O5. The average Bonchev–Trinajstić information content (AvgIpc) is 2.63. The van der Waals surface area contributed by atoms with Crippen LogP contribution < -0.4 is 10.4 Å². The van der Waals surface area contributed by atoms with Gasteiger partial charge >= 0.3 is 11.6 Å². The van der Waals surface area contributed by atoms with E-state index >= 15 is 0 Å². The highest BCUT2D eigenvalue weighted by Crippen LogP contribution is 2.24. The molecule has 5 heteroatoms. The van der Waals surface area contributed by atoms with Gasteiger partial charge in [0.1, 0.15) is 17.9 Å². The maximum atomic E-state index is 12.0. The molecule has 26 heavy (non-hydrogen) atoms. The zero-order chi connectivity index (χ0) is 18.5. The van der Waals surface area contributed by atoms with E-state index in [1.807, 2.05) is 42.5 Å². The minimum Gasteiger partial charge on any atom is -0.489 e. The lowest BCUT2D eigenvalue weighted by Crippen LogP contribution is -2.14. The van der Waals surface area contributed by atoms with E-state index in [-0.39, 0.29) is 12.0 Å². The summed E-state index contributed by atoms with van der Waals surface area (Å²) in [6.07, 6.45) is 3.51. The molecule has 0 aliphatic rings. The molecule has 1 aromatic heterocycles. The van der Waals surface area contributed by atoms with Crippen molar-refractivity contribution in [1.82, 2.24) is 0 Å². The maximum absolute atomic E-state index is 12.0. The fraction of sp³-hybridized carbons (Fsp3) is 0.143. The molecule has 1 N–H and O–H groups in total. The molecule has 0 saturated carbocycles. The number of hydrogen-bond acceptors (Lipinski definition) is 4. The van der Waals surface area contributed by atoms with Gasteiger partial charge in [0.15, 0.2) is 0 Å². The third-order valence-corrected chi connectivity index (χ3v) is 4.04. The van der Waals surface area contributed by atoms with Crippen molar-refractivity contribution >= 4 is 23.0 Å². The molecule has 5 nitrogen and oxygen atoms in total. The second-order valence-electron chi connectivity index (χ2n) is 5.85. The van der Waals surface area contributed by atoms with Crippen molar-refractivity contribution in [1.29, 1.82) is 0 Å². The molecule has 3 rings (SSSR count). The lowest BCUT2D eigenvalue weighted by atomic mass is 10.0. The molecule has 0 spiro atoms. The van der Waals surface area contributed by atoms with Gasteiger partial charge in [0.25, 0.3) is 0 Å². The van der Waals surface area contributed by atoms with Crippen LogP contribution in [0.5, 0.6) is 5.75 Å². The van der Waals surface area contributed by atoms with Gasteiger partial charge in [-0.2, -0.15) is 0 Å². The summed E-state index contributed by atoms with van der Waals surface area (Å²) in [6, 6.07) is 15.1. The first-order valence-electron chi connectivity index (χ1n) is 8.17. The summed E-state index contributed by atoms with van der Waals surface area (Å²) in [6.45, 7) is 2.10. The van der Waals surface area contributed by atoms with Crippen molar-refractivity contribution in [2.24, 2.45) is 0 Å². The van der Waals surface area contributed by atoms with Gasteiger partial charge in [-0.15, -0.1) is 0 Å². The highest BCUT2D eigenvalue weighted by atomic mass is 16.5. The molecule has 132 valence electrons. The van der Waals surface area contributed by atoms with Crippen LogP contribution in [0.2, 0.25) is 0 Å². The summed E-state index contributed by atoms with van der Waals surface area (Å²) < 4.78 is 10.9. The molecule has 0 bridgehead atoms. The van der Waals surface area contributed by atoms with Gasteiger partial charge in [0, 0.05) is 11.5 Å². The van der Waals surface area contributed by atoms with Crippen molar-refractivity contribution in [2.45, 2.75) is 13.3 Å². The third kappa shape index (κ3) is 4.00. The Morgan fingerprint density at radius 1 is 1.19 bits per heavy atom. The zero-order valence-corrected chi connectivity index (χ0v) is 14.3. The topological polar surface area (TPSA) is 76.7 Å². The number of fused-ring (bicyclic) bond motifs is 1. The molecule has 0 saturated heterocycles. The van der Waals surface area contributed by atoms with Gasteiger partial charge in [-0.3, -0.25) is 4.79 Å². The maximum Gasteiger partial charge on any atom is 0.340 e. The molecule has 0 aliphatic carbocycles. The zero-order valence-electron chi connectivity index (χ0n) is 14.3. The summed E-state index contributed by atoms with van der Waals surface area (Å²) in [5.74, 6) is -0.492. The van der Waals surface area contributed by atoms with Crippen LogP contribution >= 0.6 is 0 Å². The highest BCUT2D eigenvalue weighted by molar-refractivity contribution is 5.83. The first-order chi connectivity index (χ1) is 12.5. The number of rotatable bonds is 6. The fourth-order valence-corrected chi connectivity index (χ4v) is 2.71. The number of carboxylic acid groups (broad SMARTS) is 1. The largest absolute Gasteiger partial charge is 0.489 e. The Hall–Kier alpha value is -3.34. The smallest absolute Gasteiger partial charge is 0.340 e. The Morgan fingerprint density at radius 2 is 1.96 bits per heavy atom. The minimum absolute atomic E-state index is 0.171. The molecule has 3 aromatic rings. The first-order valence-corrected chi connectivity index (χ1v) is 8.17. The quantitative estimate of drug-likeness (QED) is 0.684. The van der Waals surface area contributed by atoms with Crippen molar-refractivity contribution in [3.05, 3.63) is 81.7 Å². The van der Waals surface area contributed by atoms with Crippen LogP contribution in [0.25, 0.3) is 17.0 Å². The highest BCUT2D eigenvalue weighted by Gasteiger charge is 2.14. The second-order valence-corrected chi connectivity index (χ2v) is 5.85. The number of aryl methyl sites for hydroxylation is 1. The Bertz CT molecular complexity index is 1020. The summed E-state index contributed by atoms with van der Waals surface area (Å²) in [4.78, 5) is 22.9.